The van der Waals surface area contributed by atoms with Crippen LogP contribution in [0.3, 0.4) is 0 Å². The number of aromatic amines is 1. The zero-order valence-electron chi connectivity index (χ0n) is 16.9. The molecule has 5 fully saturated rings. The fraction of sp³-hybridized carbons (Fsp3) is 0.652. The van der Waals surface area contributed by atoms with Crippen molar-refractivity contribution < 1.29 is 4.79 Å². The average molecular weight is 457 g/mol. The van der Waals surface area contributed by atoms with E-state index in [0.29, 0.717) is 5.91 Å². The topological polar surface area (TPSA) is 52.2 Å². The van der Waals surface area contributed by atoms with Gasteiger partial charge in [-0.2, -0.15) is 0 Å². The van der Waals surface area contributed by atoms with Crippen LogP contribution in [0.2, 0.25) is 0 Å². The van der Waals surface area contributed by atoms with Crippen LogP contribution in [0.25, 0.3) is 11.0 Å². The Kier molecular flexibility index (Phi) is 4.06. The molecule has 4 saturated carbocycles. The molecule has 5 aliphatic rings. The number of benzene rings is 1. The smallest absolute Gasteiger partial charge is 0.228 e. The van der Waals surface area contributed by atoms with Gasteiger partial charge in [-0.15, -0.1) is 0 Å². The number of para-hydroxylation sites is 2. The summed E-state index contributed by atoms with van der Waals surface area (Å²) in [7, 11) is 0. The van der Waals surface area contributed by atoms with Gasteiger partial charge in [-0.25, -0.2) is 4.98 Å². The fourth-order valence-corrected chi connectivity index (χ4v) is 8.61. The van der Waals surface area contributed by atoms with Crippen molar-refractivity contribution in [3.05, 3.63) is 24.3 Å². The average Bonchev–Trinajstić information content (AvgIpc) is 2.95. The van der Waals surface area contributed by atoms with E-state index in [2.05, 4.69) is 36.8 Å². The van der Waals surface area contributed by atoms with Crippen LogP contribution < -0.4 is 4.90 Å². The number of alkyl halides is 1. The molecular formula is C23H29BrN4O. The Morgan fingerprint density at radius 2 is 1.86 bits per heavy atom. The molecule has 1 amide bonds. The quantitative estimate of drug-likeness (QED) is 0.683. The minimum atomic E-state index is -0.0951. The second-order valence-corrected chi connectivity index (χ2v) is 11.8. The summed E-state index contributed by atoms with van der Waals surface area (Å²) in [5.41, 5.74) is 1.99. The van der Waals surface area contributed by atoms with Crippen molar-refractivity contribution >= 4 is 38.8 Å². The van der Waals surface area contributed by atoms with Crippen molar-refractivity contribution in [3.8, 4) is 0 Å². The highest BCUT2D eigenvalue weighted by atomic mass is 79.9. The first-order valence-electron chi connectivity index (χ1n) is 11.2. The van der Waals surface area contributed by atoms with Crippen molar-refractivity contribution in [3.63, 3.8) is 0 Å². The predicted molar refractivity (Wildman–Crippen MR) is 118 cm³/mol. The van der Waals surface area contributed by atoms with Crippen LogP contribution in [-0.4, -0.2) is 51.3 Å². The van der Waals surface area contributed by atoms with E-state index in [4.69, 9.17) is 4.98 Å². The van der Waals surface area contributed by atoms with Gasteiger partial charge in [0.15, 0.2) is 0 Å². The molecule has 1 aromatic carbocycles. The molecule has 5 nitrogen and oxygen atoms in total. The Labute approximate surface area is 180 Å². The number of nitrogens with one attached hydrogen (secondary N) is 1. The van der Waals surface area contributed by atoms with Crippen LogP contribution in [0.1, 0.15) is 44.9 Å². The normalized spacial score (nSPS) is 36.6. The first-order chi connectivity index (χ1) is 14.0. The van der Waals surface area contributed by atoms with Gasteiger partial charge in [0, 0.05) is 30.5 Å². The minimum Gasteiger partial charge on any atom is -0.341 e. The largest absolute Gasteiger partial charge is 0.341 e. The summed E-state index contributed by atoms with van der Waals surface area (Å²) in [6, 6.07) is 8.18. The summed E-state index contributed by atoms with van der Waals surface area (Å²) < 4.78 is 0.235. The Morgan fingerprint density at radius 1 is 1.07 bits per heavy atom. The van der Waals surface area contributed by atoms with Gasteiger partial charge < -0.3 is 14.8 Å². The number of H-pyrrole nitrogens is 1. The maximum atomic E-state index is 13.8. The minimum absolute atomic E-state index is 0.0951. The van der Waals surface area contributed by atoms with Crippen LogP contribution >= 0.6 is 15.9 Å². The van der Waals surface area contributed by atoms with E-state index in [0.717, 1.165) is 80.7 Å². The third-order valence-electron chi connectivity index (χ3n) is 7.90. The number of amides is 1. The first kappa shape index (κ1) is 18.2. The number of rotatable bonds is 2. The summed E-state index contributed by atoms with van der Waals surface area (Å²) in [5, 5.41) is 0. The van der Waals surface area contributed by atoms with E-state index < -0.39 is 0 Å². The van der Waals surface area contributed by atoms with E-state index >= 15 is 0 Å². The van der Waals surface area contributed by atoms with Crippen LogP contribution in [0.15, 0.2) is 24.3 Å². The summed E-state index contributed by atoms with van der Waals surface area (Å²) in [6.07, 6.45) is 8.21. The van der Waals surface area contributed by atoms with Gasteiger partial charge >= 0.3 is 0 Å². The lowest BCUT2D eigenvalue weighted by Gasteiger charge is -2.60. The SMILES string of the molecule is O=C(N1CCCN(c2nc3ccccc3[nH]2)CC1)C12CC3CC(CC(Br)(C3)C1)C2. The number of hydrogen-bond acceptors (Lipinski definition) is 3. The summed E-state index contributed by atoms with van der Waals surface area (Å²) in [6.45, 7) is 3.49. The Balaban J connectivity index is 1.20. The molecule has 1 N–H and O–H groups in total. The monoisotopic (exact) mass is 456 g/mol. The molecule has 2 heterocycles. The molecule has 1 saturated heterocycles. The molecule has 2 atom stereocenters. The van der Waals surface area contributed by atoms with Crippen LogP contribution in [0.5, 0.6) is 0 Å². The molecule has 1 aliphatic heterocycles. The molecule has 7 rings (SSSR count). The highest BCUT2D eigenvalue weighted by Gasteiger charge is 2.60. The van der Waals surface area contributed by atoms with Crippen molar-refractivity contribution in [1.29, 1.82) is 0 Å². The standard InChI is InChI=1S/C23H29BrN4O/c24-23-13-16-10-17(14-23)12-22(11-16,15-23)20(29)27-6-3-7-28(9-8-27)21-25-18-4-1-2-5-19(18)26-21/h1-2,4-5,16-17H,3,6-15H2,(H,25,26). The molecule has 4 bridgehead atoms. The summed E-state index contributed by atoms with van der Waals surface area (Å²) in [4.78, 5) is 26.5. The highest BCUT2D eigenvalue weighted by molar-refractivity contribution is 9.10. The number of carbonyl (C=O) groups is 1. The van der Waals surface area contributed by atoms with Gasteiger partial charge in [0.2, 0.25) is 11.9 Å². The number of hydrogen-bond donors (Lipinski definition) is 1. The molecule has 29 heavy (non-hydrogen) atoms. The number of fused-ring (bicyclic) bond motifs is 1. The van der Waals surface area contributed by atoms with Gasteiger partial charge in [0.1, 0.15) is 0 Å². The van der Waals surface area contributed by atoms with E-state index in [1.165, 1.54) is 19.3 Å². The highest BCUT2D eigenvalue weighted by Crippen LogP contribution is 2.64. The number of nitrogens with zero attached hydrogens (tertiary/aromatic N) is 3. The molecule has 2 aromatic rings. The number of anilines is 1. The van der Waals surface area contributed by atoms with Gasteiger partial charge in [-0.3, -0.25) is 4.79 Å². The molecule has 0 radical (unpaired) electrons. The third kappa shape index (κ3) is 3.01. The Morgan fingerprint density at radius 3 is 2.62 bits per heavy atom. The van der Waals surface area contributed by atoms with Crippen molar-refractivity contribution in [2.75, 3.05) is 31.1 Å². The number of aromatic nitrogens is 2. The molecule has 1 aromatic heterocycles. The van der Waals surface area contributed by atoms with Gasteiger partial charge in [0.25, 0.3) is 0 Å². The molecule has 4 aliphatic carbocycles. The van der Waals surface area contributed by atoms with Gasteiger partial charge in [0.05, 0.1) is 16.4 Å². The van der Waals surface area contributed by atoms with Crippen LogP contribution in [0, 0.1) is 17.3 Å². The number of imidazole rings is 1. The van der Waals surface area contributed by atoms with Gasteiger partial charge in [-0.1, -0.05) is 28.1 Å². The fourth-order valence-electron chi connectivity index (χ4n) is 7.16. The lowest BCUT2D eigenvalue weighted by Crippen LogP contribution is -2.59. The molecular weight excluding hydrogens is 428 g/mol. The second-order valence-electron chi connectivity index (χ2n) is 10.1. The zero-order valence-corrected chi connectivity index (χ0v) is 18.5. The van der Waals surface area contributed by atoms with E-state index in [9.17, 15) is 4.79 Å². The lowest BCUT2D eigenvalue weighted by molar-refractivity contribution is -0.155. The van der Waals surface area contributed by atoms with Crippen molar-refractivity contribution in [2.24, 2.45) is 17.3 Å². The zero-order chi connectivity index (χ0) is 19.6. The summed E-state index contributed by atoms with van der Waals surface area (Å²) in [5.74, 6) is 2.88. The Bertz CT molecular complexity index is 908. The maximum absolute atomic E-state index is 13.8. The first-order valence-corrected chi connectivity index (χ1v) is 12.0. The second kappa shape index (κ2) is 6.47. The molecule has 154 valence electrons. The molecule has 6 heteroatoms. The van der Waals surface area contributed by atoms with E-state index in [1.54, 1.807) is 0 Å². The van der Waals surface area contributed by atoms with Crippen LogP contribution in [0.4, 0.5) is 5.95 Å². The van der Waals surface area contributed by atoms with Crippen LogP contribution in [-0.2, 0) is 4.79 Å². The van der Waals surface area contributed by atoms with Crippen molar-refractivity contribution in [1.82, 2.24) is 14.9 Å². The van der Waals surface area contributed by atoms with Gasteiger partial charge in [-0.05, 0) is 68.9 Å². The number of halogens is 1. The molecule has 2 unspecified atom stereocenters. The maximum Gasteiger partial charge on any atom is 0.228 e. The molecule has 0 spiro atoms. The van der Waals surface area contributed by atoms with E-state index in [1.807, 2.05) is 18.2 Å². The lowest BCUT2D eigenvalue weighted by atomic mass is 9.49. The predicted octanol–water partition coefficient (Wildman–Crippen LogP) is 4.34. The number of carbonyl (C=O) groups excluding carboxylic acids is 1. The van der Waals surface area contributed by atoms with E-state index in [-0.39, 0.29) is 9.74 Å². The Hall–Kier alpha value is -1.56. The van der Waals surface area contributed by atoms with Crippen molar-refractivity contribution in [2.45, 2.75) is 49.3 Å². The third-order valence-corrected chi connectivity index (χ3v) is 8.83. The summed E-state index contributed by atoms with van der Waals surface area (Å²) >= 11 is 4.07.